The fourth-order valence-corrected chi connectivity index (χ4v) is 6.69. The number of nitrogens with zero attached hydrogens (tertiary/aromatic N) is 1. The standard InChI is InChI=1S/C49H65NO6/c1-4-48(51)55-37-21-17-13-8-5-7-11-15-20-36-54-46-30-26-44(27-31-46)49(52)56-47-32-24-43(25-33-47)42-22-28-45(29-23-42)53-35-19-16-12-9-6-10-14-18-34-50-38-40(2)41(3)39-50/h4,22-33,38-39H,1,5-21,34-37H2,2-3H3. The highest BCUT2D eigenvalue weighted by Crippen LogP contribution is 2.26. The first-order valence-corrected chi connectivity index (χ1v) is 21.1. The molecule has 1 heterocycles. The quantitative estimate of drug-likeness (QED) is 0.0237. The Bertz CT molecular complexity index is 1670. The van der Waals surface area contributed by atoms with Gasteiger partial charge in [0.05, 0.1) is 25.4 Å². The molecule has 1 aromatic heterocycles. The van der Waals surface area contributed by atoms with E-state index >= 15 is 0 Å². The molecule has 7 nitrogen and oxygen atoms in total. The molecule has 0 saturated heterocycles. The second-order valence-electron chi connectivity index (χ2n) is 14.9. The Labute approximate surface area is 336 Å². The maximum atomic E-state index is 12.8. The normalized spacial score (nSPS) is 11.0. The van der Waals surface area contributed by atoms with Gasteiger partial charge in [0.25, 0.3) is 0 Å². The number of ether oxygens (including phenoxy) is 4. The van der Waals surface area contributed by atoms with E-state index in [2.05, 4.69) is 49.5 Å². The molecular weight excluding hydrogens is 699 g/mol. The van der Waals surface area contributed by atoms with Crippen LogP contribution in [0, 0.1) is 13.8 Å². The van der Waals surface area contributed by atoms with E-state index in [-0.39, 0.29) is 5.97 Å². The van der Waals surface area contributed by atoms with Crippen LogP contribution in [0.5, 0.6) is 17.2 Å². The van der Waals surface area contributed by atoms with Crippen molar-refractivity contribution in [2.24, 2.45) is 0 Å². The van der Waals surface area contributed by atoms with Crippen molar-refractivity contribution in [3.8, 4) is 28.4 Å². The van der Waals surface area contributed by atoms with Crippen molar-refractivity contribution in [2.45, 2.75) is 130 Å². The van der Waals surface area contributed by atoms with Gasteiger partial charge in [0.2, 0.25) is 0 Å². The summed E-state index contributed by atoms with van der Waals surface area (Å²) >= 11 is 0. The van der Waals surface area contributed by atoms with E-state index in [0.717, 1.165) is 67.9 Å². The molecule has 0 atom stereocenters. The number of carbonyl (C=O) groups excluding carboxylic acids is 2. The first kappa shape index (κ1) is 43.9. The fourth-order valence-electron chi connectivity index (χ4n) is 6.69. The van der Waals surface area contributed by atoms with Crippen LogP contribution < -0.4 is 14.2 Å². The number of aryl methyl sites for hydroxylation is 3. The molecule has 7 heteroatoms. The Balaban J connectivity index is 1.00. The van der Waals surface area contributed by atoms with Gasteiger partial charge in [0.15, 0.2) is 0 Å². The SMILES string of the molecule is C=CC(=O)OCCCCCCCCCCCOc1ccc(C(=O)Oc2ccc(-c3ccc(OCCCCCCCCCCn4cc(C)c(C)c4)cc3)cc2)cc1. The summed E-state index contributed by atoms with van der Waals surface area (Å²) in [5.74, 6) is 1.41. The Morgan fingerprint density at radius 2 is 0.911 bits per heavy atom. The van der Waals surface area contributed by atoms with Crippen LogP contribution in [-0.4, -0.2) is 36.3 Å². The second-order valence-corrected chi connectivity index (χ2v) is 14.9. The number of esters is 2. The molecule has 4 aromatic rings. The van der Waals surface area contributed by atoms with E-state index in [1.807, 2.05) is 48.5 Å². The largest absolute Gasteiger partial charge is 0.494 e. The fraction of sp³-hybridized carbons (Fsp3) is 0.469. The minimum Gasteiger partial charge on any atom is -0.494 e. The van der Waals surface area contributed by atoms with Crippen LogP contribution in [0.15, 0.2) is 97.8 Å². The molecule has 0 saturated carbocycles. The van der Waals surface area contributed by atoms with Crippen LogP contribution in [-0.2, 0) is 16.1 Å². The highest BCUT2D eigenvalue weighted by molar-refractivity contribution is 5.91. The van der Waals surface area contributed by atoms with Gasteiger partial charge in [-0.25, -0.2) is 9.59 Å². The van der Waals surface area contributed by atoms with Crippen molar-refractivity contribution in [3.05, 3.63) is 115 Å². The zero-order valence-corrected chi connectivity index (χ0v) is 34.1. The molecule has 0 aliphatic heterocycles. The molecule has 3 aromatic carbocycles. The van der Waals surface area contributed by atoms with Crippen LogP contribution in [0.1, 0.15) is 131 Å². The predicted octanol–water partition coefficient (Wildman–Crippen LogP) is 12.8. The van der Waals surface area contributed by atoms with Gasteiger partial charge in [0, 0.05) is 25.0 Å². The summed E-state index contributed by atoms with van der Waals surface area (Å²) in [4.78, 5) is 23.8. The number of hydrogen-bond acceptors (Lipinski definition) is 6. The van der Waals surface area contributed by atoms with Crippen molar-refractivity contribution in [3.63, 3.8) is 0 Å². The Kier molecular flexibility index (Phi) is 20.5. The van der Waals surface area contributed by atoms with Crippen molar-refractivity contribution in [2.75, 3.05) is 19.8 Å². The van der Waals surface area contributed by atoms with Gasteiger partial charge in [-0.15, -0.1) is 0 Å². The molecule has 56 heavy (non-hydrogen) atoms. The molecule has 0 spiro atoms. The monoisotopic (exact) mass is 763 g/mol. The van der Waals surface area contributed by atoms with Gasteiger partial charge in [-0.1, -0.05) is 114 Å². The van der Waals surface area contributed by atoms with Gasteiger partial charge >= 0.3 is 11.9 Å². The lowest BCUT2D eigenvalue weighted by molar-refractivity contribution is -0.137. The Morgan fingerprint density at radius 3 is 1.38 bits per heavy atom. The van der Waals surface area contributed by atoms with E-state index in [4.69, 9.17) is 18.9 Å². The average molecular weight is 764 g/mol. The van der Waals surface area contributed by atoms with Crippen LogP contribution in [0.3, 0.4) is 0 Å². The molecule has 0 fully saturated rings. The molecule has 0 aliphatic rings. The molecule has 0 bridgehead atoms. The zero-order chi connectivity index (χ0) is 39.6. The van der Waals surface area contributed by atoms with E-state index in [0.29, 0.717) is 24.5 Å². The van der Waals surface area contributed by atoms with Gasteiger partial charge in [-0.2, -0.15) is 0 Å². The topological polar surface area (TPSA) is 76.0 Å². The minimum atomic E-state index is -0.397. The lowest BCUT2D eigenvalue weighted by atomic mass is 10.1. The number of benzene rings is 3. The van der Waals surface area contributed by atoms with Gasteiger partial charge in [-0.05, 0) is 110 Å². The van der Waals surface area contributed by atoms with Gasteiger partial charge in [-0.3, -0.25) is 0 Å². The number of rotatable bonds is 29. The number of unbranched alkanes of at least 4 members (excludes halogenated alkanes) is 15. The van der Waals surface area contributed by atoms with E-state index in [9.17, 15) is 9.59 Å². The van der Waals surface area contributed by atoms with Crippen LogP contribution >= 0.6 is 0 Å². The highest BCUT2D eigenvalue weighted by Gasteiger charge is 2.10. The maximum absolute atomic E-state index is 12.8. The Morgan fingerprint density at radius 1 is 0.518 bits per heavy atom. The second kappa shape index (κ2) is 26.1. The molecule has 0 radical (unpaired) electrons. The predicted molar refractivity (Wildman–Crippen MR) is 228 cm³/mol. The molecule has 0 amide bonds. The lowest BCUT2D eigenvalue weighted by Gasteiger charge is -2.09. The maximum Gasteiger partial charge on any atom is 0.343 e. The summed E-state index contributed by atoms with van der Waals surface area (Å²) < 4.78 is 24.9. The van der Waals surface area contributed by atoms with Crippen LogP contribution in [0.2, 0.25) is 0 Å². The van der Waals surface area contributed by atoms with Gasteiger partial charge < -0.3 is 23.5 Å². The van der Waals surface area contributed by atoms with Crippen molar-refractivity contribution < 1.29 is 28.5 Å². The first-order valence-electron chi connectivity index (χ1n) is 21.1. The molecule has 302 valence electrons. The number of aromatic nitrogens is 1. The van der Waals surface area contributed by atoms with E-state index in [1.165, 1.54) is 94.3 Å². The summed E-state index contributed by atoms with van der Waals surface area (Å²) in [7, 11) is 0. The van der Waals surface area contributed by atoms with Crippen molar-refractivity contribution >= 4 is 11.9 Å². The summed E-state index contributed by atoms with van der Waals surface area (Å²) in [5.41, 5.74) is 5.38. The summed E-state index contributed by atoms with van der Waals surface area (Å²) in [5, 5.41) is 0. The van der Waals surface area contributed by atoms with Gasteiger partial charge in [0.1, 0.15) is 17.2 Å². The third-order valence-corrected chi connectivity index (χ3v) is 10.2. The van der Waals surface area contributed by atoms with Crippen LogP contribution in [0.4, 0.5) is 0 Å². The first-order chi connectivity index (χ1) is 27.4. The molecular formula is C49H65NO6. The third-order valence-electron chi connectivity index (χ3n) is 10.2. The lowest BCUT2D eigenvalue weighted by Crippen LogP contribution is -2.08. The van der Waals surface area contributed by atoms with Crippen molar-refractivity contribution in [1.29, 1.82) is 0 Å². The Hall–Kier alpha value is -4.78. The summed E-state index contributed by atoms with van der Waals surface area (Å²) in [6.07, 6.45) is 26.0. The van der Waals surface area contributed by atoms with E-state index in [1.54, 1.807) is 12.1 Å². The average Bonchev–Trinajstić information content (AvgIpc) is 3.54. The minimum absolute atomic E-state index is 0.341. The van der Waals surface area contributed by atoms with E-state index < -0.39 is 5.97 Å². The summed E-state index contributed by atoms with van der Waals surface area (Å²) in [6, 6.07) is 22.9. The highest BCUT2D eigenvalue weighted by atomic mass is 16.5. The van der Waals surface area contributed by atoms with Crippen LogP contribution in [0.25, 0.3) is 11.1 Å². The molecule has 0 N–H and O–H groups in total. The molecule has 0 unspecified atom stereocenters. The number of carbonyl (C=O) groups is 2. The smallest absolute Gasteiger partial charge is 0.343 e. The van der Waals surface area contributed by atoms with Crippen molar-refractivity contribution in [1.82, 2.24) is 4.57 Å². The zero-order valence-electron chi connectivity index (χ0n) is 34.1. The molecule has 4 rings (SSSR count). The number of hydrogen-bond donors (Lipinski definition) is 0. The molecule has 0 aliphatic carbocycles. The summed E-state index contributed by atoms with van der Waals surface area (Å²) in [6.45, 7) is 10.8. The third kappa shape index (κ3) is 17.3.